The molecule has 2 heterocycles. The number of amides is 1. The van der Waals surface area contributed by atoms with Gasteiger partial charge in [0.1, 0.15) is 0 Å². The van der Waals surface area contributed by atoms with Crippen molar-refractivity contribution in [3.05, 3.63) is 75.9 Å². The molecule has 0 spiro atoms. The summed E-state index contributed by atoms with van der Waals surface area (Å²) >= 11 is 1.15. The lowest BCUT2D eigenvalue weighted by atomic mass is 10.1. The summed E-state index contributed by atoms with van der Waals surface area (Å²) in [6.45, 7) is 1.43. The molecule has 2 aromatic carbocycles. The number of rotatable bonds is 6. The predicted octanol–water partition coefficient (Wildman–Crippen LogP) is 3.85. The highest BCUT2D eigenvalue weighted by molar-refractivity contribution is 7.14. The number of esters is 1. The van der Waals surface area contributed by atoms with Crippen LogP contribution in [0.4, 0.5) is 10.8 Å². The topological polar surface area (TPSA) is 137 Å². The van der Waals surface area contributed by atoms with E-state index in [1.165, 1.54) is 25.3 Å². The molecule has 1 amide bonds. The van der Waals surface area contributed by atoms with E-state index in [0.29, 0.717) is 22.3 Å². The van der Waals surface area contributed by atoms with E-state index < -0.39 is 22.9 Å². The first-order chi connectivity index (χ1) is 15.4. The van der Waals surface area contributed by atoms with Gasteiger partial charge in [-0.25, -0.2) is 14.8 Å². The van der Waals surface area contributed by atoms with E-state index in [9.17, 15) is 19.7 Å². The zero-order valence-corrected chi connectivity index (χ0v) is 17.4. The number of nitro benzene ring substituents is 1. The van der Waals surface area contributed by atoms with Gasteiger partial charge in [-0.2, -0.15) is 0 Å². The van der Waals surface area contributed by atoms with Gasteiger partial charge in [0.15, 0.2) is 16.9 Å². The number of fused-ring (bicyclic) bond motifs is 1. The third-order valence-electron chi connectivity index (χ3n) is 4.40. The van der Waals surface area contributed by atoms with Crippen molar-refractivity contribution in [1.82, 2.24) is 15.0 Å². The average Bonchev–Trinajstić information content (AvgIpc) is 3.27. The number of thiazole rings is 1. The fraction of sp³-hybridized carbons (Fsp3) is 0.0952. The number of non-ortho nitro benzene ring substituents is 1. The molecule has 0 fully saturated rings. The summed E-state index contributed by atoms with van der Waals surface area (Å²) in [5, 5.41) is 15.5. The summed E-state index contributed by atoms with van der Waals surface area (Å²) in [6.07, 6.45) is 0.183. The van der Waals surface area contributed by atoms with Crippen molar-refractivity contribution in [2.75, 3.05) is 5.32 Å². The Kier molecular flexibility index (Phi) is 5.81. The molecule has 160 valence electrons. The quantitative estimate of drug-likeness (QED) is 0.266. The number of benzene rings is 2. The fourth-order valence-corrected chi connectivity index (χ4v) is 3.50. The Balaban J connectivity index is 1.41. The van der Waals surface area contributed by atoms with Gasteiger partial charge in [-0.15, -0.1) is 11.3 Å². The van der Waals surface area contributed by atoms with Crippen LogP contribution in [0.1, 0.15) is 17.4 Å². The zero-order chi connectivity index (χ0) is 22.7. The van der Waals surface area contributed by atoms with Crippen LogP contribution in [0.15, 0.2) is 60.1 Å². The Hall–Kier alpha value is -4.25. The first-order valence-corrected chi connectivity index (χ1v) is 10.2. The molecule has 0 radical (unpaired) electrons. The zero-order valence-electron chi connectivity index (χ0n) is 16.6. The van der Waals surface area contributed by atoms with E-state index in [1.807, 2.05) is 6.07 Å². The summed E-state index contributed by atoms with van der Waals surface area (Å²) in [6, 6.07) is 13.1. The maximum absolute atomic E-state index is 12.4. The first-order valence-electron chi connectivity index (χ1n) is 9.34. The van der Waals surface area contributed by atoms with Gasteiger partial charge in [0.2, 0.25) is 0 Å². The minimum Gasteiger partial charge on any atom is -0.448 e. The van der Waals surface area contributed by atoms with E-state index in [-0.39, 0.29) is 16.5 Å². The number of hydrogen-bond acceptors (Lipinski definition) is 9. The van der Waals surface area contributed by atoms with Crippen LogP contribution in [0.3, 0.4) is 0 Å². The van der Waals surface area contributed by atoms with Crippen LogP contribution in [0.25, 0.3) is 22.3 Å². The van der Waals surface area contributed by atoms with Crippen molar-refractivity contribution < 1.29 is 19.2 Å². The Morgan fingerprint density at radius 2 is 1.91 bits per heavy atom. The van der Waals surface area contributed by atoms with Crippen molar-refractivity contribution >= 4 is 45.1 Å². The van der Waals surface area contributed by atoms with Crippen molar-refractivity contribution in [1.29, 1.82) is 0 Å². The summed E-state index contributed by atoms with van der Waals surface area (Å²) < 4.78 is 5.20. The molecule has 11 heteroatoms. The number of nitro groups is 1. The van der Waals surface area contributed by atoms with Crippen LogP contribution in [0.5, 0.6) is 0 Å². The molecule has 1 unspecified atom stereocenters. The number of anilines is 1. The van der Waals surface area contributed by atoms with Gasteiger partial charge in [-0.05, 0) is 19.1 Å². The van der Waals surface area contributed by atoms with Crippen LogP contribution >= 0.6 is 11.3 Å². The molecule has 0 saturated carbocycles. The molecular weight excluding hydrogens is 434 g/mol. The number of aromatic nitrogens is 3. The molecule has 4 aromatic rings. The lowest BCUT2D eigenvalue weighted by Gasteiger charge is -2.12. The monoisotopic (exact) mass is 449 g/mol. The third kappa shape index (κ3) is 4.57. The second kappa shape index (κ2) is 8.86. The molecule has 2 aromatic heterocycles. The summed E-state index contributed by atoms with van der Waals surface area (Å²) in [5.74, 6) is -1.35. The molecule has 0 saturated heterocycles. The number of nitrogens with one attached hydrogen (secondary N) is 1. The molecule has 0 aliphatic rings. The lowest BCUT2D eigenvalue weighted by Crippen LogP contribution is -2.30. The van der Waals surface area contributed by atoms with Gasteiger partial charge in [0, 0.05) is 23.1 Å². The van der Waals surface area contributed by atoms with Crippen LogP contribution in [-0.2, 0) is 9.53 Å². The molecule has 0 bridgehead atoms. The van der Waals surface area contributed by atoms with Crippen LogP contribution in [0, 0.1) is 10.1 Å². The number of para-hydroxylation sites is 2. The maximum atomic E-state index is 12.4. The molecule has 32 heavy (non-hydrogen) atoms. The Morgan fingerprint density at radius 1 is 1.12 bits per heavy atom. The normalized spacial score (nSPS) is 11.7. The summed E-state index contributed by atoms with van der Waals surface area (Å²) in [5.41, 5.74) is 2.13. The standard InChI is InChI=1S/C21H15N5O5S/c1-12(31-20(28)17-10-22-15-7-2-3-8-16(15)23-17)19(27)25-21-24-18(11-32-21)13-5-4-6-14(9-13)26(29)30/h2-12H,1H3,(H,24,25,27). The van der Waals surface area contributed by atoms with Crippen molar-refractivity contribution in [2.24, 2.45) is 0 Å². The number of hydrogen-bond donors (Lipinski definition) is 1. The van der Waals surface area contributed by atoms with Crippen LogP contribution < -0.4 is 5.32 Å². The molecule has 0 aliphatic carbocycles. The van der Waals surface area contributed by atoms with Gasteiger partial charge in [0.25, 0.3) is 11.6 Å². The summed E-state index contributed by atoms with van der Waals surface area (Å²) in [7, 11) is 0. The molecule has 10 nitrogen and oxygen atoms in total. The second-order valence-electron chi connectivity index (χ2n) is 6.63. The van der Waals surface area contributed by atoms with Crippen molar-refractivity contribution in [2.45, 2.75) is 13.0 Å². The SMILES string of the molecule is CC(OC(=O)c1cnc2ccccc2n1)C(=O)Nc1nc(-c2cccc([N+](=O)[O-])c2)cs1. The highest BCUT2D eigenvalue weighted by Gasteiger charge is 2.21. The summed E-state index contributed by atoms with van der Waals surface area (Å²) in [4.78, 5) is 47.9. The molecular formula is C21H15N5O5S. The number of carbonyl (C=O) groups excluding carboxylic acids is 2. The maximum Gasteiger partial charge on any atom is 0.359 e. The molecule has 4 rings (SSSR count). The van der Waals surface area contributed by atoms with E-state index >= 15 is 0 Å². The second-order valence-corrected chi connectivity index (χ2v) is 7.48. The highest BCUT2D eigenvalue weighted by atomic mass is 32.1. The van der Waals surface area contributed by atoms with Crippen LogP contribution in [0.2, 0.25) is 0 Å². The Bertz CT molecular complexity index is 1340. The van der Waals surface area contributed by atoms with Crippen LogP contribution in [-0.4, -0.2) is 37.9 Å². The van der Waals surface area contributed by atoms with E-state index in [4.69, 9.17) is 4.74 Å². The fourth-order valence-electron chi connectivity index (χ4n) is 2.78. The van der Waals surface area contributed by atoms with Gasteiger partial charge >= 0.3 is 5.97 Å². The largest absolute Gasteiger partial charge is 0.448 e. The van der Waals surface area contributed by atoms with E-state index in [1.54, 1.807) is 35.7 Å². The van der Waals surface area contributed by atoms with Gasteiger partial charge in [-0.1, -0.05) is 24.3 Å². The van der Waals surface area contributed by atoms with Crippen molar-refractivity contribution in [3.8, 4) is 11.3 Å². The van der Waals surface area contributed by atoms with E-state index in [2.05, 4.69) is 20.3 Å². The van der Waals surface area contributed by atoms with E-state index in [0.717, 1.165) is 11.3 Å². The molecule has 1 atom stereocenters. The highest BCUT2D eigenvalue weighted by Crippen LogP contribution is 2.27. The Morgan fingerprint density at radius 3 is 2.69 bits per heavy atom. The van der Waals surface area contributed by atoms with Gasteiger partial charge in [-0.3, -0.25) is 25.2 Å². The van der Waals surface area contributed by atoms with Crippen molar-refractivity contribution in [3.63, 3.8) is 0 Å². The minimum absolute atomic E-state index is 0.00874. The first kappa shape index (κ1) is 21.0. The van der Waals surface area contributed by atoms with Gasteiger partial charge < -0.3 is 4.74 Å². The predicted molar refractivity (Wildman–Crippen MR) is 117 cm³/mol. The number of ether oxygens (including phenoxy) is 1. The van der Waals surface area contributed by atoms with Gasteiger partial charge in [0.05, 0.1) is 27.8 Å². The molecule has 0 aliphatic heterocycles. The average molecular weight is 449 g/mol. The lowest BCUT2D eigenvalue weighted by molar-refractivity contribution is -0.384. The Labute approximate surface area is 185 Å². The minimum atomic E-state index is -1.11. The third-order valence-corrected chi connectivity index (χ3v) is 5.16. The molecule has 1 N–H and O–H groups in total. The number of carbonyl (C=O) groups is 2. The smallest absolute Gasteiger partial charge is 0.359 e. The number of nitrogens with zero attached hydrogens (tertiary/aromatic N) is 4.